The molecular weight excluding hydrogens is 102 g/mol. The Morgan fingerprint density at radius 2 is 1.25 bits per heavy atom. The summed E-state index contributed by atoms with van der Waals surface area (Å²) < 4.78 is 0. The summed E-state index contributed by atoms with van der Waals surface area (Å²) in [6.07, 6.45) is 0. The molecule has 0 N–H and O–H groups in total. The molecule has 0 spiro atoms. The first kappa shape index (κ1) is 9.37. The van der Waals surface area contributed by atoms with E-state index >= 15 is 0 Å². The number of hydrogen-bond acceptors (Lipinski definition) is 2. The van der Waals surface area contributed by atoms with Crippen LogP contribution in [0.5, 0.6) is 0 Å². The molecule has 0 bridgehead atoms. The van der Waals surface area contributed by atoms with Gasteiger partial charge >= 0.3 is 51.4 Å². The first-order valence-corrected chi connectivity index (χ1v) is 1.41. The van der Waals surface area contributed by atoms with E-state index in [1.165, 1.54) is 0 Å². The van der Waals surface area contributed by atoms with Crippen molar-refractivity contribution < 1.29 is 61.2 Å². The Hall–Kier alpha value is 1.99. The van der Waals surface area contributed by atoms with E-state index in [9.17, 15) is 0 Å². The quantitative estimate of drug-likeness (QED) is 0.228. The first-order chi connectivity index (χ1) is 1.41. The molecule has 0 aliphatic rings. The van der Waals surface area contributed by atoms with Crippen LogP contribution in [0.4, 0.5) is 0 Å². The molecule has 0 aromatic rings. The van der Waals surface area contributed by atoms with Gasteiger partial charge in [0.05, 0.1) is 0 Å². The molecule has 0 aliphatic carbocycles. The zero-order chi connectivity index (χ0) is 2.71. The monoisotopic (exact) mass is 104 g/mol. The van der Waals surface area contributed by atoms with E-state index in [1.807, 2.05) is 0 Å². The second-order valence-corrected chi connectivity index (χ2v) is 0.289. The summed E-state index contributed by atoms with van der Waals surface area (Å²) in [6, 6.07) is 0. The van der Waals surface area contributed by atoms with Gasteiger partial charge < -0.3 is 9.79 Å². The molecular formula is H2KO2P. The second kappa shape index (κ2) is 8.88. The van der Waals surface area contributed by atoms with E-state index in [4.69, 9.17) is 9.79 Å². The minimum atomic E-state index is -1.75. The summed E-state index contributed by atoms with van der Waals surface area (Å²) in [5, 5.41) is 0. The minimum Gasteiger partial charge on any atom is -0.687 e. The Morgan fingerprint density at radius 1 is 1.25 bits per heavy atom. The van der Waals surface area contributed by atoms with Crippen molar-refractivity contribution in [1.82, 2.24) is 0 Å². The molecule has 0 rings (SSSR count). The SMILES string of the molecule is [K+].[O-][PH2+][O-]. The fourth-order valence-corrected chi connectivity index (χ4v) is 0. The minimum absolute atomic E-state index is 0. The zero-order valence-electron chi connectivity index (χ0n) is 2.39. The molecule has 0 fully saturated rings. The molecule has 0 amide bonds. The van der Waals surface area contributed by atoms with Crippen molar-refractivity contribution >= 4 is 9.03 Å². The molecule has 0 aliphatic heterocycles. The Morgan fingerprint density at radius 3 is 1.25 bits per heavy atom. The Bertz CT molecular complexity index is 6.00. The summed E-state index contributed by atoms with van der Waals surface area (Å²) in [5.74, 6) is 0. The van der Waals surface area contributed by atoms with Crippen LogP contribution in [0.3, 0.4) is 0 Å². The van der Waals surface area contributed by atoms with Gasteiger partial charge in [0, 0.05) is 0 Å². The smallest absolute Gasteiger partial charge is 0.687 e. The second-order valence-electron chi connectivity index (χ2n) is 0.0962. The van der Waals surface area contributed by atoms with Gasteiger partial charge in [-0.25, -0.2) is 0 Å². The van der Waals surface area contributed by atoms with Crippen LogP contribution in [0, 0.1) is 0 Å². The molecule has 0 atom stereocenters. The summed E-state index contributed by atoms with van der Waals surface area (Å²) in [5.41, 5.74) is 0. The first-order valence-electron chi connectivity index (χ1n) is 0.471. The summed E-state index contributed by atoms with van der Waals surface area (Å²) in [4.78, 5) is 16.9. The zero-order valence-corrected chi connectivity index (χ0v) is 6.67. The van der Waals surface area contributed by atoms with Crippen molar-refractivity contribution in [2.45, 2.75) is 0 Å². The fraction of sp³-hybridized carbons (Fsp3) is 0. The third kappa shape index (κ3) is 9.01. The van der Waals surface area contributed by atoms with Gasteiger partial charge in [0.1, 0.15) is 0 Å². The van der Waals surface area contributed by atoms with Gasteiger partial charge in [-0.15, -0.1) is 9.03 Å². The average Bonchev–Trinajstić information content (AvgIpc) is 0.918. The summed E-state index contributed by atoms with van der Waals surface area (Å²) >= 11 is 0. The standard InChI is InChI=1S/K.H2O2P/c;1-3-2/h;3H2/q+1;-1. The number of hydrogen-bond donors (Lipinski definition) is 0. The molecule has 0 saturated carbocycles. The predicted molar refractivity (Wildman–Crippen MR) is 9.71 cm³/mol. The van der Waals surface area contributed by atoms with Gasteiger partial charge in [-0.3, -0.25) is 0 Å². The van der Waals surface area contributed by atoms with E-state index < -0.39 is 9.03 Å². The summed E-state index contributed by atoms with van der Waals surface area (Å²) in [6.45, 7) is 0. The number of rotatable bonds is 0. The van der Waals surface area contributed by atoms with Gasteiger partial charge in [-0.1, -0.05) is 0 Å². The molecule has 20 valence electrons. The van der Waals surface area contributed by atoms with Crippen molar-refractivity contribution in [3.05, 3.63) is 0 Å². The van der Waals surface area contributed by atoms with Gasteiger partial charge in [-0.05, 0) is 0 Å². The van der Waals surface area contributed by atoms with Crippen LogP contribution in [0.15, 0.2) is 0 Å². The largest absolute Gasteiger partial charge is 1.00 e. The van der Waals surface area contributed by atoms with Crippen molar-refractivity contribution in [3.8, 4) is 0 Å². The maximum Gasteiger partial charge on any atom is 1.00 e. The van der Waals surface area contributed by atoms with Crippen LogP contribution < -0.4 is 61.2 Å². The van der Waals surface area contributed by atoms with E-state index in [2.05, 4.69) is 0 Å². The normalized spacial score (nSPS) is 4.50. The summed E-state index contributed by atoms with van der Waals surface area (Å²) in [7, 11) is -1.75. The van der Waals surface area contributed by atoms with Crippen molar-refractivity contribution in [1.29, 1.82) is 0 Å². The van der Waals surface area contributed by atoms with Crippen LogP contribution in [0.25, 0.3) is 0 Å². The van der Waals surface area contributed by atoms with Gasteiger partial charge in [0.2, 0.25) is 0 Å². The molecule has 0 aromatic carbocycles. The topological polar surface area (TPSA) is 46.1 Å². The van der Waals surface area contributed by atoms with Crippen LogP contribution in [0.2, 0.25) is 0 Å². The maximum absolute atomic E-state index is 8.46. The maximum atomic E-state index is 8.46. The van der Waals surface area contributed by atoms with Gasteiger partial charge in [0.15, 0.2) is 0 Å². The molecule has 0 radical (unpaired) electrons. The van der Waals surface area contributed by atoms with Crippen LogP contribution in [-0.4, -0.2) is 0 Å². The molecule has 4 heteroatoms. The Kier molecular flexibility index (Phi) is 20.8. The molecule has 4 heavy (non-hydrogen) atoms. The van der Waals surface area contributed by atoms with Crippen molar-refractivity contribution in [2.24, 2.45) is 0 Å². The van der Waals surface area contributed by atoms with E-state index in [0.717, 1.165) is 0 Å². The van der Waals surface area contributed by atoms with Crippen LogP contribution >= 0.6 is 9.03 Å². The Balaban J connectivity index is 0. The molecule has 0 saturated heterocycles. The van der Waals surface area contributed by atoms with Crippen LogP contribution in [0.1, 0.15) is 0 Å². The van der Waals surface area contributed by atoms with Gasteiger partial charge in [-0.2, -0.15) is 0 Å². The predicted octanol–water partition coefficient (Wildman–Crippen LogP) is -5.05. The van der Waals surface area contributed by atoms with E-state index in [-0.39, 0.29) is 51.4 Å². The molecule has 0 aromatic heterocycles. The van der Waals surface area contributed by atoms with Crippen molar-refractivity contribution in [3.63, 3.8) is 0 Å². The molecule has 0 unspecified atom stereocenters. The molecule has 2 nitrogen and oxygen atoms in total. The third-order valence-corrected chi connectivity index (χ3v) is 0. The van der Waals surface area contributed by atoms with Crippen LogP contribution in [-0.2, 0) is 0 Å². The van der Waals surface area contributed by atoms with E-state index in [1.54, 1.807) is 0 Å². The van der Waals surface area contributed by atoms with E-state index in [0.29, 0.717) is 0 Å². The molecule has 0 heterocycles. The Labute approximate surface area is 69.0 Å². The third-order valence-electron chi connectivity index (χ3n) is 0. The average molecular weight is 104 g/mol. The fourth-order valence-electron chi connectivity index (χ4n) is 0. The van der Waals surface area contributed by atoms with Crippen molar-refractivity contribution in [2.75, 3.05) is 0 Å². The van der Waals surface area contributed by atoms with Gasteiger partial charge in [0.25, 0.3) is 0 Å².